The van der Waals surface area contributed by atoms with Crippen LogP contribution >= 0.6 is 0 Å². The molecule has 1 rings (SSSR count). The van der Waals surface area contributed by atoms with Gasteiger partial charge in [0.05, 0.1) is 0 Å². The number of hydrogen-bond donors (Lipinski definition) is 1. The SMILES string of the molecule is CC(C)[n+]1noc(NC(=O)C(F)(F)F)c1C=O. The predicted octanol–water partition coefficient (Wildman–Crippen LogP) is 0.856. The van der Waals surface area contributed by atoms with Gasteiger partial charge in [-0.3, -0.25) is 19.4 Å². The Morgan fingerprint density at radius 3 is 2.53 bits per heavy atom. The van der Waals surface area contributed by atoms with Crippen LogP contribution < -0.4 is 10.00 Å². The van der Waals surface area contributed by atoms with Crippen molar-refractivity contribution < 1.29 is 32.0 Å². The Morgan fingerprint density at radius 2 is 2.12 bits per heavy atom. The van der Waals surface area contributed by atoms with Crippen LogP contribution in [0.3, 0.4) is 0 Å². The first-order valence-corrected chi connectivity index (χ1v) is 4.52. The molecule has 1 aromatic heterocycles. The van der Waals surface area contributed by atoms with E-state index in [4.69, 9.17) is 0 Å². The fourth-order valence-electron chi connectivity index (χ4n) is 1.02. The lowest BCUT2D eigenvalue weighted by molar-refractivity contribution is -0.780. The summed E-state index contributed by atoms with van der Waals surface area (Å²) < 4.78 is 41.4. The van der Waals surface area contributed by atoms with Crippen molar-refractivity contribution in [2.75, 3.05) is 5.32 Å². The molecule has 1 N–H and O–H groups in total. The molecule has 0 fully saturated rings. The number of halogens is 3. The number of hydrogen-bond acceptors (Lipinski definition) is 4. The molecule has 1 heterocycles. The van der Waals surface area contributed by atoms with Crippen LogP contribution in [0.1, 0.15) is 30.4 Å². The molecule has 0 saturated carbocycles. The van der Waals surface area contributed by atoms with Gasteiger partial charge >= 0.3 is 23.7 Å². The van der Waals surface area contributed by atoms with Crippen LogP contribution in [0.2, 0.25) is 0 Å². The number of anilines is 1. The van der Waals surface area contributed by atoms with E-state index in [9.17, 15) is 22.8 Å². The summed E-state index contributed by atoms with van der Waals surface area (Å²) in [4.78, 5) is 21.3. The van der Waals surface area contributed by atoms with E-state index in [1.165, 1.54) is 5.32 Å². The summed E-state index contributed by atoms with van der Waals surface area (Å²) in [6, 6.07) is -0.296. The van der Waals surface area contributed by atoms with Crippen LogP contribution in [-0.2, 0) is 4.79 Å². The zero-order valence-electron chi connectivity index (χ0n) is 8.91. The molecule has 0 saturated heterocycles. The molecule has 1 amide bonds. The van der Waals surface area contributed by atoms with Crippen molar-refractivity contribution in [3.05, 3.63) is 5.69 Å². The Balaban J connectivity index is 3.01. The highest BCUT2D eigenvalue weighted by molar-refractivity contribution is 5.96. The molecule has 0 aliphatic carbocycles. The number of aldehydes is 1. The minimum absolute atomic E-state index is 0.252. The molecule has 0 bridgehead atoms. The van der Waals surface area contributed by atoms with Crippen molar-refractivity contribution in [2.45, 2.75) is 26.1 Å². The maximum Gasteiger partial charge on any atom is 0.471 e. The molecule has 0 radical (unpaired) electrons. The van der Waals surface area contributed by atoms with Gasteiger partial charge in [-0.1, -0.05) is 0 Å². The van der Waals surface area contributed by atoms with Crippen LogP contribution in [-0.4, -0.2) is 23.6 Å². The van der Waals surface area contributed by atoms with Gasteiger partial charge in [0, 0.05) is 13.8 Å². The number of nitrogens with zero attached hydrogens (tertiary/aromatic N) is 2. The number of carbonyl (C=O) groups is 2. The summed E-state index contributed by atoms with van der Waals surface area (Å²) in [7, 11) is 0. The van der Waals surface area contributed by atoms with E-state index in [1.54, 1.807) is 13.8 Å². The highest BCUT2D eigenvalue weighted by Crippen LogP contribution is 2.18. The van der Waals surface area contributed by atoms with Crippen molar-refractivity contribution in [1.29, 1.82) is 0 Å². The molecular weight excluding hydrogens is 243 g/mol. The third-order valence-electron chi connectivity index (χ3n) is 1.78. The number of nitrogens with one attached hydrogen (secondary N) is 1. The molecule has 17 heavy (non-hydrogen) atoms. The van der Waals surface area contributed by atoms with E-state index in [1.807, 2.05) is 0 Å². The zero-order chi connectivity index (χ0) is 13.2. The van der Waals surface area contributed by atoms with Crippen LogP contribution in [0.15, 0.2) is 4.52 Å². The van der Waals surface area contributed by atoms with Gasteiger partial charge in [0.15, 0.2) is 6.04 Å². The molecule has 0 aliphatic heterocycles. The predicted molar refractivity (Wildman–Crippen MR) is 47.2 cm³/mol. The van der Waals surface area contributed by atoms with Gasteiger partial charge in [-0.05, 0) is 4.68 Å². The van der Waals surface area contributed by atoms with Crippen LogP contribution in [0.5, 0.6) is 0 Å². The second-order valence-corrected chi connectivity index (χ2v) is 3.40. The summed E-state index contributed by atoms with van der Waals surface area (Å²) in [5.41, 5.74) is -0.266. The minimum Gasteiger partial charge on any atom is -0.291 e. The van der Waals surface area contributed by atoms with Gasteiger partial charge in [0.2, 0.25) is 11.6 Å². The number of alkyl halides is 3. The topological polar surface area (TPSA) is 76.1 Å². The van der Waals surface area contributed by atoms with E-state index in [-0.39, 0.29) is 18.0 Å². The summed E-state index contributed by atoms with van der Waals surface area (Å²) in [6.45, 7) is 3.29. The van der Waals surface area contributed by atoms with E-state index in [2.05, 4.69) is 9.79 Å². The average molecular weight is 252 g/mol. The third kappa shape index (κ3) is 2.80. The van der Waals surface area contributed by atoms with Crippen molar-refractivity contribution >= 4 is 18.1 Å². The molecule has 1 aromatic rings. The van der Waals surface area contributed by atoms with E-state index < -0.39 is 18.0 Å². The standard InChI is InChI=1S/C8H8F3N3O3/c1-4(2)14-5(3-15)6(17-13-14)12-7(16)8(9,10)11/h3-4H,1-2H3/p+1. The fourth-order valence-corrected chi connectivity index (χ4v) is 1.02. The fraction of sp³-hybridized carbons (Fsp3) is 0.500. The molecule has 0 spiro atoms. The molecule has 0 aliphatic rings. The van der Waals surface area contributed by atoms with Gasteiger partial charge in [-0.15, -0.1) is 0 Å². The molecular formula is C8H9F3N3O3+. The lowest BCUT2D eigenvalue weighted by Gasteiger charge is -2.03. The van der Waals surface area contributed by atoms with Gasteiger partial charge in [0.1, 0.15) is 0 Å². The largest absolute Gasteiger partial charge is 0.471 e. The molecule has 0 aromatic carbocycles. The van der Waals surface area contributed by atoms with Gasteiger partial charge in [0.25, 0.3) is 0 Å². The van der Waals surface area contributed by atoms with E-state index >= 15 is 0 Å². The van der Waals surface area contributed by atoms with Crippen molar-refractivity contribution in [2.24, 2.45) is 0 Å². The monoisotopic (exact) mass is 252 g/mol. The second-order valence-electron chi connectivity index (χ2n) is 3.40. The summed E-state index contributed by atoms with van der Waals surface area (Å²) in [5, 5.41) is 4.78. The van der Waals surface area contributed by atoms with Crippen LogP contribution in [0.4, 0.5) is 19.1 Å². The first-order valence-electron chi connectivity index (χ1n) is 4.52. The number of rotatable bonds is 3. The van der Waals surface area contributed by atoms with Crippen molar-refractivity contribution in [3.8, 4) is 0 Å². The molecule has 6 nitrogen and oxygen atoms in total. The smallest absolute Gasteiger partial charge is 0.291 e. The highest BCUT2D eigenvalue weighted by atomic mass is 19.4. The van der Waals surface area contributed by atoms with Gasteiger partial charge in [-0.25, -0.2) is 0 Å². The lowest BCUT2D eigenvalue weighted by atomic mass is 10.3. The van der Waals surface area contributed by atoms with Gasteiger partial charge < -0.3 is 0 Å². The number of carbonyl (C=O) groups excluding carboxylic acids is 2. The van der Waals surface area contributed by atoms with Crippen molar-refractivity contribution in [3.63, 3.8) is 0 Å². The Bertz CT molecular complexity index is 439. The van der Waals surface area contributed by atoms with Crippen LogP contribution in [0.25, 0.3) is 0 Å². The van der Waals surface area contributed by atoms with E-state index in [0.717, 1.165) is 4.68 Å². The minimum atomic E-state index is -5.06. The zero-order valence-corrected chi connectivity index (χ0v) is 8.91. The van der Waals surface area contributed by atoms with Gasteiger partial charge in [-0.2, -0.15) is 13.2 Å². The number of aromatic nitrogens is 2. The quantitative estimate of drug-likeness (QED) is 0.639. The molecule has 0 unspecified atom stereocenters. The second kappa shape index (κ2) is 4.52. The Kier molecular flexibility index (Phi) is 3.49. The molecule has 0 atom stereocenters. The maximum absolute atomic E-state index is 12.0. The average Bonchev–Trinajstić information content (AvgIpc) is 2.59. The summed E-state index contributed by atoms with van der Waals surface area (Å²) in [5.74, 6) is -2.86. The number of amides is 1. The first-order chi connectivity index (χ1) is 7.77. The normalized spacial score (nSPS) is 11.6. The van der Waals surface area contributed by atoms with Crippen molar-refractivity contribution in [1.82, 2.24) is 5.27 Å². The summed E-state index contributed by atoms with van der Waals surface area (Å²) >= 11 is 0. The Morgan fingerprint density at radius 1 is 1.53 bits per heavy atom. The maximum atomic E-state index is 12.0. The Labute approximate surface area is 93.4 Å². The van der Waals surface area contributed by atoms with Crippen LogP contribution in [0, 0.1) is 0 Å². The third-order valence-corrected chi connectivity index (χ3v) is 1.78. The summed E-state index contributed by atoms with van der Waals surface area (Å²) in [6.07, 6.45) is -4.81. The first kappa shape index (κ1) is 13.1. The van der Waals surface area contributed by atoms with E-state index in [0.29, 0.717) is 0 Å². The Hall–Kier alpha value is -1.93. The highest BCUT2D eigenvalue weighted by Gasteiger charge is 2.41. The molecule has 94 valence electrons. The lowest BCUT2D eigenvalue weighted by Crippen LogP contribution is -2.42. The molecule has 9 heteroatoms.